The molecule has 1 heterocycles. The van der Waals surface area contributed by atoms with E-state index in [0.717, 1.165) is 45.1 Å². The van der Waals surface area contributed by atoms with Crippen molar-refractivity contribution in [3.63, 3.8) is 0 Å². The largest absolute Gasteiger partial charge is 0.381 e. The molecular formula is C17H27FIN3OS. The molecule has 1 aromatic carbocycles. The minimum absolute atomic E-state index is 0. The Hall–Kier alpha value is -0.540. The highest BCUT2D eigenvalue weighted by molar-refractivity contribution is 14.0. The van der Waals surface area contributed by atoms with Gasteiger partial charge in [0.2, 0.25) is 0 Å². The van der Waals surface area contributed by atoms with E-state index in [-0.39, 0.29) is 34.5 Å². The van der Waals surface area contributed by atoms with Gasteiger partial charge in [0, 0.05) is 36.6 Å². The van der Waals surface area contributed by atoms with Crippen molar-refractivity contribution < 1.29 is 9.13 Å². The Labute approximate surface area is 165 Å². The molecule has 0 unspecified atom stereocenters. The number of halogens is 2. The van der Waals surface area contributed by atoms with Gasteiger partial charge in [-0.15, -0.1) is 24.0 Å². The molecule has 2 rings (SSSR count). The summed E-state index contributed by atoms with van der Waals surface area (Å²) >= 11 is 1.88. The maximum atomic E-state index is 13.7. The lowest BCUT2D eigenvalue weighted by Crippen LogP contribution is -2.47. The molecule has 7 heteroatoms. The lowest BCUT2D eigenvalue weighted by molar-refractivity contribution is 0.0783. The van der Waals surface area contributed by atoms with E-state index < -0.39 is 0 Å². The topological polar surface area (TPSA) is 45.7 Å². The van der Waals surface area contributed by atoms with Gasteiger partial charge in [-0.2, -0.15) is 11.8 Å². The molecule has 1 aliphatic rings. The van der Waals surface area contributed by atoms with E-state index >= 15 is 0 Å². The van der Waals surface area contributed by atoms with Gasteiger partial charge in [0.05, 0.1) is 6.54 Å². The van der Waals surface area contributed by atoms with Crippen LogP contribution in [0.5, 0.6) is 0 Å². The smallest absolute Gasteiger partial charge is 0.191 e. The first-order valence-electron chi connectivity index (χ1n) is 8.07. The number of benzene rings is 1. The highest BCUT2D eigenvalue weighted by atomic mass is 127. The van der Waals surface area contributed by atoms with Gasteiger partial charge in [0.1, 0.15) is 5.82 Å². The zero-order valence-electron chi connectivity index (χ0n) is 14.3. The maximum absolute atomic E-state index is 13.7. The summed E-state index contributed by atoms with van der Waals surface area (Å²) in [6, 6.07) is 6.76. The number of nitrogens with zero attached hydrogens (tertiary/aromatic N) is 1. The van der Waals surface area contributed by atoms with E-state index in [1.807, 2.05) is 24.8 Å². The highest BCUT2D eigenvalue weighted by Crippen LogP contribution is 2.32. The van der Waals surface area contributed by atoms with Gasteiger partial charge in [0.25, 0.3) is 0 Å². The van der Waals surface area contributed by atoms with Crippen molar-refractivity contribution in [3.8, 4) is 0 Å². The van der Waals surface area contributed by atoms with Gasteiger partial charge in [-0.25, -0.2) is 9.38 Å². The SMILES string of the molecule is CCNC(=NCc1ccccc1F)NCC1(SC)CCOCC1.I. The first-order valence-corrected chi connectivity index (χ1v) is 9.30. The lowest BCUT2D eigenvalue weighted by Gasteiger charge is -2.36. The van der Waals surface area contributed by atoms with Gasteiger partial charge in [-0.1, -0.05) is 18.2 Å². The Kier molecular flexibility index (Phi) is 9.99. The van der Waals surface area contributed by atoms with Crippen LogP contribution in [-0.2, 0) is 11.3 Å². The van der Waals surface area contributed by atoms with Crippen LogP contribution in [0.4, 0.5) is 4.39 Å². The van der Waals surface area contributed by atoms with Gasteiger partial charge in [-0.3, -0.25) is 0 Å². The minimum Gasteiger partial charge on any atom is -0.381 e. The van der Waals surface area contributed by atoms with Crippen LogP contribution < -0.4 is 10.6 Å². The molecule has 24 heavy (non-hydrogen) atoms. The summed E-state index contributed by atoms with van der Waals surface area (Å²) in [5, 5.41) is 6.64. The average molecular weight is 467 g/mol. The molecule has 0 amide bonds. The fourth-order valence-electron chi connectivity index (χ4n) is 2.57. The summed E-state index contributed by atoms with van der Waals surface area (Å²) in [5.74, 6) is 0.521. The Morgan fingerprint density at radius 1 is 1.29 bits per heavy atom. The number of hydrogen-bond donors (Lipinski definition) is 2. The average Bonchev–Trinajstić information content (AvgIpc) is 2.59. The number of hydrogen-bond acceptors (Lipinski definition) is 3. The number of aliphatic imine (C=N–C) groups is 1. The molecule has 0 saturated carbocycles. The molecule has 0 aliphatic carbocycles. The quantitative estimate of drug-likeness (QED) is 0.383. The van der Waals surface area contributed by atoms with Crippen molar-refractivity contribution >= 4 is 41.7 Å². The Morgan fingerprint density at radius 2 is 2.00 bits per heavy atom. The lowest BCUT2D eigenvalue weighted by atomic mass is 9.99. The van der Waals surface area contributed by atoms with Crippen LogP contribution in [0, 0.1) is 5.82 Å². The van der Waals surface area contributed by atoms with Crippen molar-refractivity contribution in [2.24, 2.45) is 4.99 Å². The Morgan fingerprint density at radius 3 is 2.62 bits per heavy atom. The summed E-state index contributed by atoms with van der Waals surface area (Å²) < 4.78 is 19.3. The molecule has 4 nitrogen and oxygen atoms in total. The summed E-state index contributed by atoms with van der Waals surface area (Å²) in [6.07, 6.45) is 4.22. The van der Waals surface area contributed by atoms with Crippen LogP contribution in [0.3, 0.4) is 0 Å². The van der Waals surface area contributed by atoms with Crippen molar-refractivity contribution in [2.45, 2.75) is 31.1 Å². The maximum Gasteiger partial charge on any atom is 0.191 e. The Balaban J connectivity index is 0.00000288. The number of rotatable bonds is 6. The molecule has 1 aromatic rings. The van der Waals surface area contributed by atoms with E-state index in [9.17, 15) is 4.39 Å². The third-order valence-corrected chi connectivity index (χ3v) is 5.54. The third-order valence-electron chi connectivity index (χ3n) is 4.12. The first-order chi connectivity index (χ1) is 11.2. The normalized spacial score (nSPS) is 17.0. The fourth-order valence-corrected chi connectivity index (χ4v) is 3.37. The summed E-state index contributed by atoms with van der Waals surface area (Å²) in [5.41, 5.74) is 0.607. The number of ether oxygens (including phenoxy) is 1. The number of guanidine groups is 1. The second-order valence-electron chi connectivity index (χ2n) is 5.64. The van der Waals surface area contributed by atoms with E-state index in [1.54, 1.807) is 12.1 Å². The van der Waals surface area contributed by atoms with Crippen LogP contribution in [0.1, 0.15) is 25.3 Å². The summed E-state index contributed by atoms with van der Waals surface area (Å²) in [7, 11) is 0. The summed E-state index contributed by atoms with van der Waals surface area (Å²) in [6.45, 7) is 5.59. The summed E-state index contributed by atoms with van der Waals surface area (Å²) in [4.78, 5) is 4.51. The number of nitrogens with one attached hydrogen (secondary N) is 2. The van der Waals surface area contributed by atoms with Gasteiger partial charge >= 0.3 is 0 Å². The molecule has 136 valence electrons. The molecule has 0 bridgehead atoms. The molecular weight excluding hydrogens is 440 g/mol. The predicted octanol–water partition coefficient (Wildman–Crippen LogP) is 3.41. The molecule has 0 atom stereocenters. The van der Waals surface area contributed by atoms with Gasteiger partial charge in [0.15, 0.2) is 5.96 Å². The van der Waals surface area contributed by atoms with Crippen LogP contribution in [0.2, 0.25) is 0 Å². The highest BCUT2D eigenvalue weighted by Gasteiger charge is 2.31. The Bertz CT molecular complexity index is 524. The first kappa shape index (κ1) is 21.5. The van der Waals surface area contributed by atoms with Crippen molar-refractivity contribution in [1.29, 1.82) is 0 Å². The standard InChI is InChI=1S/C17H26FN3OS.HI/c1-3-19-16(20-12-14-6-4-5-7-15(14)18)21-13-17(23-2)8-10-22-11-9-17;/h4-7H,3,8-13H2,1-2H3,(H2,19,20,21);1H. The molecule has 0 radical (unpaired) electrons. The minimum atomic E-state index is -0.211. The predicted molar refractivity (Wildman–Crippen MR) is 111 cm³/mol. The van der Waals surface area contributed by atoms with Gasteiger partial charge < -0.3 is 15.4 Å². The second-order valence-corrected chi connectivity index (χ2v) is 6.91. The van der Waals surface area contributed by atoms with E-state index in [0.29, 0.717) is 12.1 Å². The molecule has 0 aromatic heterocycles. The zero-order valence-corrected chi connectivity index (χ0v) is 17.5. The van der Waals surface area contributed by atoms with Crippen LogP contribution in [-0.4, -0.2) is 43.3 Å². The molecule has 0 spiro atoms. The zero-order chi connectivity index (χ0) is 16.5. The van der Waals surface area contributed by atoms with E-state index in [2.05, 4.69) is 21.9 Å². The monoisotopic (exact) mass is 467 g/mol. The number of thioether (sulfide) groups is 1. The van der Waals surface area contributed by atoms with Crippen LogP contribution in [0.15, 0.2) is 29.3 Å². The van der Waals surface area contributed by atoms with Gasteiger partial charge in [-0.05, 0) is 32.1 Å². The fraction of sp³-hybridized carbons (Fsp3) is 0.588. The van der Waals surface area contributed by atoms with Crippen molar-refractivity contribution in [2.75, 3.05) is 32.6 Å². The van der Waals surface area contributed by atoms with E-state index in [1.165, 1.54) is 6.07 Å². The third kappa shape index (κ3) is 6.40. The molecule has 1 fully saturated rings. The molecule has 1 saturated heterocycles. The second kappa shape index (κ2) is 11.1. The van der Waals surface area contributed by atoms with Crippen LogP contribution in [0.25, 0.3) is 0 Å². The van der Waals surface area contributed by atoms with Crippen molar-refractivity contribution in [3.05, 3.63) is 35.6 Å². The molecule has 2 N–H and O–H groups in total. The van der Waals surface area contributed by atoms with E-state index in [4.69, 9.17) is 4.74 Å². The van der Waals surface area contributed by atoms with Crippen molar-refractivity contribution in [1.82, 2.24) is 10.6 Å². The van der Waals surface area contributed by atoms with Crippen LogP contribution >= 0.6 is 35.7 Å². The molecule has 1 aliphatic heterocycles.